The number of hydrogen-bond acceptors (Lipinski definition) is 4. The molecule has 5 aliphatic rings. The third-order valence-electron chi connectivity index (χ3n) is 9.29. The van der Waals surface area contributed by atoms with Crippen molar-refractivity contribution in [3.05, 3.63) is 0 Å². The van der Waals surface area contributed by atoms with Gasteiger partial charge < -0.3 is 15.6 Å². The molecule has 0 bridgehead atoms. The van der Waals surface area contributed by atoms with E-state index < -0.39 is 17.9 Å². The summed E-state index contributed by atoms with van der Waals surface area (Å²) in [6.45, 7) is 4.52. The molecule has 1 aliphatic heterocycles. The van der Waals surface area contributed by atoms with Crippen LogP contribution in [0.25, 0.3) is 0 Å². The Kier molecular flexibility index (Phi) is 3.03. The topological polar surface area (TPSA) is 92.9 Å². The fourth-order valence-corrected chi connectivity index (χ4v) is 7.79. The molecule has 5 fully saturated rings. The molecule has 9 atom stereocenters. The number of epoxide rings is 1. The molecular formula is C20H29NO4. The zero-order valence-electron chi connectivity index (χ0n) is 15.2. The Morgan fingerprint density at radius 2 is 1.92 bits per heavy atom. The van der Waals surface area contributed by atoms with Crippen LogP contribution in [0.2, 0.25) is 0 Å². The van der Waals surface area contributed by atoms with Gasteiger partial charge in [0, 0.05) is 5.41 Å². The average molecular weight is 347 g/mol. The molecule has 1 unspecified atom stereocenters. The maximum Gasteiger partial charge on any atom is 0.228 e. The number of carbonyl (C=O) groups is 2. The highest BCUT2D eigenvalue weighted by molar-refractivity contribution is 6.05. The summed E-state index contributed by atoms with van der Waals surface area (Å²) in [6.07, 6.45) is 6.05. The molecule has 1 amide bonds. The van der Waals surface area contributed by atoms with Gasteiger partial charge in [-0.1, -0.05) is 13.8 Å². The number of ketones is 1. The van der Waals surface area contributed by atoms with Crippen LogP contribution in [0.1, 0.15) is 58.8 Å². The summed E-state index contributed by atoms with van der Waals surface area (Å²) < 4.78 is 6.06. The quantitative estimate of drug-likeness (QED) is 0.559. The van der Waals surface area contributed by atoms with E-state index in [1.54, 1.807) is 0 Å². The molecule has 4 saturated carbocycles. The molecule has 0 radical (unpaired) electrons. The van der Waals surface area contributed by atoms with Crippen molar-refractivity contribution in [1.29, 1.82) is 0 Å². The number of aliphatic hydroxyl groups excluding tert-OH is 1. The molecule has 4 aliphatic carbocycles. The van der Waals surface area contributed by atoms with E-state index in [1.807, 2.05) is 0 Å². The Morgan fingerprint density at radius 1 is 1.16 bits per heavy atom. The molecule has 3 N–H and O–H groups in total. The Bertz CT molecular complexity index is 664. The second-order valence-corrected chi connectivity index (χ2v) is 9.92. The molecular weight excluding hydrogens is 318 g/mol. The second-order valence-electron chi connectivity index (χ2n) is 9.92. The van der Waals surface area contributed by atoms with Crippen molar-refractivity contribution in [2.75, 3.05) is 0 Å². The van der Waals surface area contributed by atoms with Crippen molar-refractivity contribution in [3.63, 3.8) is 0 Å². The number of hydrogen-bond donors (Lipinski definition) is 2. The SMILES string of the molecule is C[C@]12CC[C@H]3[C@@H](CC[C@]45O[C@H]4C(=O)C(C(N)=O)C[C@]35C)[C@@H]1CC[C@@H]2O. The van der Waals surface area contributed by atoms with Gasteiger partial charge in [0.2, 0.25) is 5.91 Å². The van der Waals surface area contributed by atoms with Gasteiger partial charge in [0.25, 0.3) is 0 Å². The summed E-state index contributed by atoms with van der Waals surface area (Å²) >= 11 is 0. The molecule has 5 nitrogen and oxygen atoms in total. The minimum atomic E-state index is -0.688. The molecule has 25 heavy (non-hydrogen) atoms. The van der Waals surface area contributed by atoms with Crippen LogP contribution >= 0.6 is 0 Å². The molecule has 5 rings (SSSR count). The van der Waals surface area contributed by atoms with Crippen molar-refractivity contribution in [2.24, 2.45) is 40.2 Å². The van der Waals surface area contributed by atoms with E-state index in [0.717, 1.165) is 38.5 Å². The molecule has 5 heteroatoms. The minimum Gasteiger partial charge on any atom is -0.393 e. The molecule has 1 spiro atoms. The largest absolute Gasteiger partial charge is 0.393 e. The maximum absolute atomic E-state index is 12.6. The zero-order valence-corrected chi connectivity index (χ0v) is 15.2. The number of Topliss-reactive ketones (excluding diaryl/α,β-unsaturated/α-hetero) is 1. The van der Waals surface area contributed by atoms with E-state index in [0.29, 0.717) is 24.2 Å². The van der Waals surface area contributed by atoms with Gasteiger partial charge in [-0.3, -0.25) is 9.59 Å². The van der Waals surface area contributed by atoms with E-state index in [1.165, 1.54) is 0 Å². The van der Waals surface area contributed by atoms with Crippen LogP contribution in [0.3, 0.4) is 0 Å². The fraction of sp³-hybridized carbons (Fsp3) is 0.900. The van der Waals surface area contributed by atoms with Crippen molar-refractivity contribution in [1.82, 2.24) is 0 Å². The normalized spacial score (nSPS) is 59.4. The Labute approximate surface area is 148 Å². The molecule has 0 aromatic rings. The Morgan fingerprint density at radius 3 is 2.64 bits per heavy atom. The lowest BCUT2D eigenvalue weighted by Crippen LogP contribution is -2.61. The van der Waals surface area contributed by atoms with Gasteiger partial charge in [-0.25, -0.2) is 0 Å². The fourth-order valence-electron chi connectivity index (χ4n) is 7.79. The number of aliphatic hydroxyl groups is 1. The van der Waals surface area contributed by atoms with Gasteiger partial charge in [-0.2, -0.15) is 0 Å². The first-order valence-corrected chi connectivity index (χ1v) is 9.93. The van der Waals surface area contributed by atoms with E-state index in [9.17, 15) is 14.7 Å². The number of amides is 1. The maximum atomic E-state index is 12.6. The summed E-state index contributed by atoms with van der Waals surface area (Å²) in [5, 5.41) is 10.5. The lowest BCUT2D eigenvalue weighted by atomic mass is 9.44. The van der Waals surface area contributed by atoms with Crippen molar-refractivity contribution in [2.45, 2.75) is 76.6 Å². The minimum absolute atomic E-state index is 0.0411. The van der Waals surface area contributed by atoms with Crippen LogP contribution in [0.15, 0.2) is 0 Å². The smallest absolute Gasteiger partial charge is 0.228 e. The lowest BCUT2D eigenvalue weighted by Gasteiger charge is -2.59. The highest BCUT2D eigenvalue weighted by atomic mass is 16.6. The molecule has 0 aromatic heterocycles. The van der Waals surface area contributed by atoms with Crippen LogP contribution in [-0.4, -0.2) is 34.6 Å². The van der Waals surface area contributed by atoms with Gasteiger partial charge in [-0.05, 0) is 68.1 Å². The lowest BCUT2D eigenvalue weighted by molar-refractivity contribution is -0.147. The number of carbonyl (C=O) groups excluding carboxylic acids is 2. The summed E-state index contributed by atoms with van der Waals surface area (Å²) in [7, 11) is 0. The van der Waals surface area contributed by atoms with Gasteiger partial charge in [0.05, 0.1) is 12.0 Å². The van der Waals surface area contributed by atoms with Crippen LogP contribution in [0, 0.1) is 34.5 Å². The summed E-state index contributed by atoms with van der Waals surface area (Å²) in [4.78, 5) is 24.5. The first-order chi connectivity index (χ1) is 11.7. The molecule has 0 aromatic carbocycles. The van der Waals surface area contributed by atoms with Gasteiger partial charge >= 0.3 is 0 Å². The van der Waals surface area contributed by atoms with Crippen molar-refractivity contribution in [3.8, 4) is 0 Å². The highest BCUT2D eigenvalue weighted by Gasteiger charge is 2.78. The second kappa shape index (κ2) is 4.66. The molecule has 138 valence electrons. The molecule has 1 heterocycles. The predicted molar refractivity (Wildman–Crippen MR) is 90.3 cm³/mol. The molecule has 1 saturated heterocycles. The number of nitrogens with two attached hydrogens (primary N) is 1. The van der Waals surface area contributed by atoms with Crippen LogP contribution < -0.4 is 5.73 Å². The Hall–Kier alpha value is -0.940. The van der Waals surface area contributed by atoms with E-state index in [2.05, 4.69) is 13.8 Å². The highest BCUT2D eigenvalue weighted by Crippen LogP contribution is 2.72. The third kappa shape index (κ3) is 1.72. The number of rotatable bonds is 1. The summed E-state index contributed by atoms with van der Waals surface area (Å²) in [6, 6.07) is 0. The van der Waals surface area contributed by atoms with Crippen LogP contribution in [-0.2, 0) is 14.3 Å². The number of ether oxygens (including phenoxy) is 1. The first-order valence-electron chi connectivity index (χ1n) is 9.93. The summed E-state index contributed by atoms with van der Waals surface area (Å²) in [5.74, 6) is 0.321. The average Bonchev–Trinajstić information content (AvgIpc) is 3.23. The van der Waals surface area contributed by atoms with Crippen LogP contribution in [0.4, 0.5) is 0 Å². The number of primary amides is 1. The first kappa shape index (κ1) is 16.2. The Balaban J connectivity index is 1.52. The van der Waals surface area contributed by atoms with E-state index in [4.69, 9.17) is 10.5 Å². The number of fused-ring (bicyclic) bond motifs is 4. The van der Waals surface area contributed by atoms with Gasteiger partial charge in [0.15, 0.2) is 5.78 Å². The van der Waals surface area contributed by atoms with Crippen LogP contribution in [0.5, 0.6) is 0 Å². The monoisotopic (exact) mass is 347 g/mol. The predicted octanol–water partition coefficient (Wildman–Crippen LogP) is 1.80. The summed E-state index contributed by atoms with van der Waals surface area (Å²) in [5.41, 5.74) is 5.11. The van der Waals surface area contributed by atoms with Crippen molar-refractivity contribution >= 4 is 11.7 Å². The van der Waals surface area contributed by atoms with E-state index >= 15 is 0 Å². The van der Waals surface area contributed by atoms with E-state index in [-0.39, 0.29) is 28.3 Å². The van der Waals surface area contributed by atoms with Gasteiger partial charge in [-0.15, -0.1) is 0 Å². The zero-order chi connectivity index (χ0) is 17.8. The van der Waals surface area contributed by atoms with Crippen molar-refractivity contribution < 1.29 is 19.4 Å². The third-order valence-corrected chi connectivity index (χ3v) is 9.29. The van der Waals surface area contributed by atoms with Gasteiger partial charge in [0.1, 0.15) is 11.7 Å². The standard InChI is InChI=1S/C20H29NO4/c1-18-7-6-13-10(12(18)3-4-14(18)22)5-8-20-16(25-20)15(23)11(17(21)24)9-19(13,20)2/h10-14,16,22H,3-9H2,1-2H3,(H2,21,24)/t10-,11?,12-,13-,14-,16-,18-,19+,20-/m0/s1.